The van der Waals surface area contributed by atoms with Crippen molar-refractivity contribution in [2.24, 2.45) is 0 Å². The van der Waals surface area contributed by atoms with Crippen LogP contribution in [0.25, 0.3) is 5.82 Å². The molecule has 2 N–H and O–H groups in total. The first-order valence-electron chi connectivity index (χ1n) is 8.70. The molecule has 0 aliphatic rings. The van der Waals surface area contributed by atoms with Crippen LogP contribution in [-0.2, 0) is 0 Å². The van der Waals surface area contributed by atoms with Crippen molar-refractivity contribution in [1.82, 2.24) is 19.5 Å². The molecule has 8 heteroatoms. The van der Waals surface area contributed by atoms with Crippen LogP contribution < -0.4 is 10.6 Å². The van der Waals surface area contributed by atoms with E-state index in [4.69, 9.17) is 5.26 Å². The highest BCUT2D eigenvalue weighted by Gasteiger charge is 2.07. The zero-order chi connectivity index (χ0) is 20.1. The Labute approximate surface area is 166 Å². The Morgan fingerprint density at radius 1 is 1.00 bits per heavy atom. The quantitative estimate of drug-likeness (QED) is 0.547. The second kappa shape index (κ2) is 8.02. The number of anilines is 3. The Morgan fingerprint density at radius 3 is 2.45 bits per heavy atom. The van der Waals surface area contributed by atoms with E-state index in [1.807, 2.05) is 24.3 Å². The van der Waals surface area contributed by atoms with Gasteiger partial charge in [0.25, 0.3) is 5.91 Å². The molecule has 2 aromatic carbocycles. The molecule has 0 fully saturated rings. The van der Waals surface area contributed by atoms with Crippen LogP contribution in [0.5, 0.6) is 0 Å². The van der Waals surface area contributed by atoms with Crippen molar-refractivity contribution in [3.05, 3.63) is 90.8 Å². The average molecular weight is 381 g/mol. The molecule has 0 spiro atoms. The molecular formula is C21H15N7O. The highest BCUT2D eigenvalue weighted by Crippen LogP contribution is 2.19. The Kier molecular flexibility index (Phi) is 4.95. The Hall–Kier alpha value is -4.51. The number of nitrogens with one attached hydrogen (secondary N) is 2. The number of aromatic nitrogens is 4. The summed E-state index contributed by atoms with van der Waals surface area (Å²) in [5, 5.41) is 14.9. The number of rotatable bonds is 5. The fraction of sp³-hybridized carbons (Fsp3) is 0. The van der Waals surface area contributed by atoms with E-state index in [1.54, 1.807) is 59.7 Å². The summed E-state index contributed by atoms with van der Waals surface area (Å²) < 4.78 is 1.79. The van der Waals surface area contributed by atoms with Gasteiger partial charge in [0.05, 0.1) is 11.6 Å². The van der Waals surface area contributed by atoms with Gasteiger partial charge in [0.15, 0.2) is 0 Å². The van der Waals surface area contributed by atoms with Gasteiger partial charge in [0.2, 0.25) is 0 Å². The number of benzene rings is 2. The molecule has 0 atom stereocenters. The van der Waals surface area contributed by atoms with E-state index < -0.39 is 0 Å². The molecule has 29 heavy (non-hydrogen) atoms. The summed E-state index contributed by atoms with van der Waals surface area (Å²) in [4.78, 5) is 24.8. The topological polar surface area (TPSA) is 109 Å². The summed E-state index contributed by atoms with van der Waals surface area (Å²) in [5.41, 5.74) is 2.47. The van der Waals surface area contributed by atoms with E-state index in [0.29, 0.717) is 28.5 Å². The maximum atomic E-state index is 12.3. The van der Waals surface area contributed by atoms with Gasteiger partial charge in [-0.2, -0.15) is 5.26 Å². The first-order chi connectivity index (χ1) is 14.2. The Bertz CT molecular complexity index is 1160. The number of carbonyl (C=O) groups is 1. The lowest BCUT2D eigenvalue weighted by atomic mass is 10.1. The molecule has 0 bridgehead atoms. The fourth-order valence-electron chi connectivity index (χ4n) is 2.64. The first kappa shape index (κ1) is 17.9. The zero-order valence-corrected chi connectivity index (χ0v) is 15.1. The molecule has 0 aliphatic heterocycles. The SMILES string of the molecule is N#Cc1ccc(C(=O)Nc2ccc(Nc3cc(-n4ccnc4)ncn3)cc2)cc1. The highest BCUT2D eigenvalue weighted by atomic mass is 16.1. The molecule has 0 saturated heterocycles. The maximum absolute atomic E-state index is 12.3. The second-order valence-corrected chi connectivity index (χ2v) is 6.08. The average Bonchev–Trinajstić information content (AvgIpc) is 3.30. The lowest BCUT2D eigenvalue weighted by Gasteiger charge is -2.09. The summed E-state index contributed by atoms with van der Waals surface area (Å²) in [7, 11) is 0. The van der Waals surface area contributed by atoms with Crippen LogP contribution in [-0.4, -0.2) is 25.4 Å². The minimum atomic E-state index is -0.240. The van der Waals surface area contributed by atoms with Crippen LogP contribution in [0.15, 0.2) is 79.6 Å². The van der Waals surface area contributed by atoms with Gasteiger partial charge in [0, 0.05) is 35.4 Å². The smallest absolute Gasteiger partial charge is 0.255 e. The van der Waals surface area contributed by atoms with Gasteiger partial charge < -0.3 is 10.6 Å². The van der Waals surface area contributed by atoms with Gasteiger partial charge in [-0.15, -0.1) is 0 Å². The molecule has 1 amide bonds. The molecule has 0 saturated carbocycles. The van der Waals surface area contributed by atoms with Crippen molar-refractivity contribution in [3.8, 4) is 11.9 Å². The third-order valence-corrected chi connectivity index (χ3v) is 4.11. The third-order valence-electron chi connectivity index (χ3n) is 4.11. The molecule has 0 aliphatic carbocycles. The van der Waals surface area contributed by atoms with Crippen LogP contribution in [0.2, 0.25) is 0 Å². The van der Waals surface area contributed by atoms with E-state index in [0.717, 1.165) is 5.69 Å². The van der Waals surface area contributed by atoms with Gasteiger partial charge in [-0.05, 0) is 48.5 Å². The monoisotopic (exact) mass is 381 g/mol. The maximum Gasteiger partial charge on any atom is 0.255 e. The highest BCUT2D eigenvalue weighted by molar-refractivity contribution is 6.04. The Balaban J connectivity index is 1.42. The largest absolute Gasteiger partial charge is 0.340 e. The molecule has 4 rings (SSSR count). The van der Waals surface area contributed by atoms with Crippen LogP contribution in [0.3, 0.4) is 0 Å². The molecule has 2 heterocycles. The second-order valence-electron chi connectivity index (χ2n) is 6.08. The summed E-state index contributed by atoms with van der Waals surface area (Å²) in [6.07, 6.45) is 6.62. The molecule has 0 unspecified atom stereocenters. The predicted octanol–water partition coefficient (Wildman–Crippen LogP) is 3.53. The van der Waals surface area contributed by atoms with E-state index in [9.17, 15) is 4.79 Å². The molecular weight excluding hydrogens is 366 g/mol. The first-order valence-corrected chi connectivity index (χ1v) is 8.70. The van der Waals surface area contributed by atoms with Crippen LogP contribution in [0.1, 0.15) is 15.9 Å². The lowest BCUT2D eigenvalue weighted by molar-refractivity contribution is 0.102. The van der Waals surface area contributed by atoms with Gasteiger partial charge in [-0.1, -0.05) is 0 Å². The van der Waals surface area contributed by atoms with E-state index >= 15 is 0 Å². The summed E-state index contributed by atoms with van der Waals surface area (Å²) in [5.74, 6) is 1.10. The zero-order valence-electron chi connectivity index (χ0n) is 15.1. The number of hydrogen-bond donors (Lipinski definition) is 2. The summed E-state index contributed by atoms with van der Waals surface area (Å²) in [6, 6.07) is 17.6. The van der Waals surface area contributed by atoms with Crippen molar-refractivity contribution in [3.63, 3.8) is 0 Å². The van der Waals surface area contributed by atoms with Crippen molar-refractivity contribution in [2.75, 3.05) is 10.6 Å². The van der Waals surface area contributed by atoms with Crippen LogP contribution in [0.4, 0.5) is 17.2 Å². The number of nitrogens with zero attached hydrogens (tertiary/aromatic N) is 5. The molecule has 0 radical (unpaired) electrons. The van der Waals surface area contributed by atoms with E-state index in [-0.39, 0.29) is 5.91 Å². The van der Waals surface area contributed by atoms with E-state index in [1.165, 1.54) is 6.33 Å². The Morgan fingerprint density at radius 2 is 1.76 bits per heavy atom. The third kappa shape index (κ3) is 4.26. The van der Waals surface area contributed by atoms with Gasteiger partial charge >= 0.3 is 0 Å². The van der Waals surface area contributed by atoms with Gasteiger partial charge in [0.1, 0.15) is 24.3 Å². The van der Waals surface area contributed by atoms with Gasteiger partial charge in [-0.25, -0.2) is 15.0 Å². The standard InChI is InChI=1S/C21H15N7O/c22-12-15-1-3-16(4-2-15)21(29)27-18-7-5-17(6-8-18)26-19-11-20(25-13-24-19)28-10-9-23-14-28/h1-11,13-14H,(H,27,29)(H,24,25,26). The summed E-state index contributed by atoms with van der Waals surface area (Å²) in [6.45, 7) is 0. The number of carbonyl (C=O) groups excluding carboxylic acids is 1. The number of imidazole rings is 1. The number of amides is 1. The minimum Gasteiger partial charge on any atom is -0.340 e. The van der Waals surface area contributed by atoms with Crippen LogP contribution in [0, 0.1) is 11.3 Å². The minimum absolute atomic E-state index is 0.240. The number of hydrogen-bond acceptors (Lipinski definition) is 6. The van der Waals surface area contributed by atoms with Crippen molar-refractivity contribution in [1.29, 1.82) is 5.26 Å². The van der Waals surface area contributed by atoms with Crippen LogP contribution >= 0.6 is 0 Å². The molecule has 8 nitrogen and oxygen atoms in total. The van der Waals surface area contributed by atoms with Crippen molar-refractivity contribution in [2.45, 2.75) is 0 Å². The van der Waals surface area contributed by atoms with Gasteiger partial charge in [-0.3, -0.25) is 9.36 Å². The molecule has 140 valence electrons. The fourth-order valence-corrected chi connectivity index (χ4v) is 2.64. The predicted molar refractivity (Wildman–Crippen MR) is 108 cm³/mol. The van der Waals surface area contributed by atoms with E-state index in [2.05, 4.69) is 25.6 Å². The summed E-state index contributed by atoms with van der Waals surface area (Å²) >= 11 is 0. The lowest BCUT2D eigenvalue weighted by Crippen LogP contribution is -2.11. The normalized spacial score (nSPS) is 10.2. The molecule has 2 aromatic heterocycles. The van der Waals surface area contributed by atoms with Crippen molar-refractivity contribution >= 4 is 23.1 Å². The molecule has 4 aromatic rings. The van der Waals surface area contributed by atoms with Crippen molar-refractivity contribution < 1.29 is 4.79 Å². The number of nitriles is 1.